The summed E-state index contributed by atoms with van der Waals surface area (Å²) in [4.78, 5) is 19.2. The number of nitrogens with zero attached hydrogens (tertiary/aromatic N) is 3. The number of benzene rings is 3. The Balaban J connectivity index is 0.00000289. The lowest BCUT2D eigenvalue weighted by molar-refractivity contribution is 0.0698. The van der Waals surface area contributed by atoms with Gasteiger partial charge in [0.25, 0.3) is 5.91 Å². The lowest BCUT2D eigenvalue weighted by Crippen LogP contribution is -2.50. The zero-order valence-corrected chi connectivity index (χ0v) is 21.1. The van der Waals surface area contributed by atoms with Gasteiger partial charge >= 0.3 is 0 Å². The smallest absolute Gasteiger partial charge is 0.253 e. The van der Waals surface area contributed by atoms with Crippen molar-refractivity contribution in [1.82, 2.24) is 14.2 Å². The molecule has 0 saturated carbocycles. The van der Waals surface area contributed by atoms with Crippen molar-refractivity contribution in [3.05, 3.63) is 95.6 Å². The molecule has 0 N–H and O–H groups in total. The predicted octanol–water partition coefficient (Wildman–Crippen LogP) is 5.12. The van der Waals surface area contributed by atoms with Crippen LogP contribution in [0.1, 0.15) is 10.4 Å². The van der Waals surface area contributed by atoms with E-state index in [1.54, 1.807) is 53.6 Å². The zero-order valence-electron chi connectivity index (χ0n) is 18.7. The second-order valence-electron chi connectivity index (χ2n) is 8.14. The fourth-order valence-electron chi connectivity index (χ4n) is 4.14. The van der Waals surface area contributed by atoms with Crippen molar-refractivity contribution in [2.75, 3.05) is 26.2 Å². The van der Waals surface area contributed by atoms with Gasteiger partial charge in [-0.2, -0.15) is 4.31 Å². The summed E-state index contributed by atoms with van der Waals surface area (Å²) < 4.78 is 27.9. The topological polar surface area (TPSA) is 70.6 Å². The van der Waals surface area contributed by atoms with E-state index in [1.807, 2.05) is 36.4 Å². The van der Waals surface area contributed by atoms with E-state index in [-0.39, 0.29) is 36.3 Å². The van der Waals surface area contributed by atoms with Crippen molar-refractivity contribution in [1.29, 1.82) is 0 Å². The highest BCUT2D eigenvalue weighted by molar-refractivity contribution is 7.89. The summed E-state index contributed by atoms with van der Waals surface area (Å²) >= 11 is 6.03. The molecule has 6 nitrogen and oxygen atoms in total. The molecule has 0 spiro atoms. The van der Waals surface area contributed by atoms with Crippen LogP contribution >= 0.6 is 24.0 Å². The van der Waals surface area contributed by atoms with E-state index < -0.39 is 10.0 Å². The van der Waals surface area contributed by atoms with Crippen LogP contribution < -0.4 is 0 Å². The lowest BCUT2D eigenvalue weighted by atomic mass is 10.1. The third-order valence-electron chi connectivity index (χ3n) is 6.03. The average molecular weight is 528 g/mol. The molecule has 0 atom stereocenters. The molecular weight excluding hydrogens is 505 g/mol. The van der Waals surface area contributed by atoms with Crippen LogP contribution in [-0.4, -0.2) is 54.7 Å². The van der Waals surface area contributed by atoms with E-state index in [0.717, 1.165) is 22.0 Å². The molecule has 1 aliphatic heterocycles. The number of pyridine rings is 1. The minimum Gasteiger partial charge on any atom is -0.336 e. The number of amides is 1. The van der Waals surface area contributed by atoms with Gasteiger partial charge in [-0.3, -0.25) is 9.78 Å². The number of hydrogen-bond donors (Lipinski definition) is 0. The van der Waals surface area contributed by atoms with Gasteiger partial charge in [0.2, 0.25) is 10.0 Å². The van der Waals surface area contributed by atoms with Crippen LogP contribution in [0.15, 0.2) is 90.0 Å². The molecule has 5 rings (SSSR count). The van der Waals surface area contributed by atoms with E-state index in [4.69, 9.17) is 11.6 Å². The van der Waals surface area contributed by atoms with Crippen molar-refractivity contribution in [2.45, 2.75) is 4.90 Å². The third-order valence-corrected chi connectivity index (χ3v) is 8.16. The molecule has 4 aromatic rings. The SMILES string of the molecule is Cl.O=C(c1ccc(-c2ccccn2)cc1)N1CCN(S(=O)(=O)c2ccc3cc(Cl)ccc3c2)CC1. The molecule has 3 aromatic carbocycles. The summed E-state index contributed by atoms with van der Waals surface area (Å²) in [5.41, 5.74) is 2.35. The van der Waals surface area contributed by atoms with Gasteiger partial charge in [0.05, 0.1) is 10.6 Å². The molecule has 1 saturated heterocycles. The second-order valence-corrected chi connectivity index (χ2v) is 10.5. The number of carbonyl (C=O) groups excluding carboxylic acids is 1. The molecule has 2 heterocycles. The Bertz CT molecular complexity index is 1450. The van der Waals surface area contributed by atoms with Crippen LogP contribution in [0.2, 0.25) is 5.02 Å². The predicted molar refractivity (Wildman–Crippen MR) is 141 cm³/mol. The Labute approximate surface area is 215 Å². The maximum Gasteiger partial charge on any atom is 0.253 e. The molecule has 180 valence electrons. The third kappa shape index (κ3) is 5.18. The van der Waals surface area contributed by atoms with Crippen molar-refractivity contribution in [3.8, 4) is 11.3 Å². The number of rotatable bonds is 4. The highest BCUT2D eigenvalue weighted by Gasteiger charge is 2.30. The Hall–Kier alpha value is -2.97. The molecule has 9 heteroatoms. The lowest BCUT2D eigenvalue weighted by Gasteiger charge is -2.34. The molecule has 35 heavy (non-hydrogen) atoms. The van der Waals surface area contributed by atoms with Crippen molar-refractivity contribution in [2.24, 2.45) is 0 Å². The Morgan fingerprint density at radius 3 is 2.20 bits per heavy atom. The number of fused-ring (bicyclic) bond motifs is 1. The van der Waals surface area contributed by atoms with Gasteiger partial charge in [0.15, 0.2) is 0 Å². The summed E-state index contributed by atoms with van der Waals surface area (Å²) in [7, 11) is -3.66. The number of hydrogen-bond acceptors (Lipinski definition) is 4. The van der Waals surface area contributed by atoms with Gasteiger partial charge in [-0.15, -0.1) is 12.4 Å². The molecule has 0 bridgehead atoms. The highest BCUT2D eigenvalue weighted by atomic mass is 35.5. The van der Waals surface area contributed by atoms with Crippen molar-refractivity contribution < 1.29 is 13.2 Å². The summed E-state index contributed by atoms with van der Waals surface area (Å²) in [6, 6.07) is 23.4. The summed E-state index contributed by atoms with van der Waals surface area (Å²) in [6.07, 6.45) is 1.73. The van der Waals surface area contributed by atoms with Crippen molar-refractivity contribution in [3.63, 3.8) is 0 Å². The molecule has 0 aliphatic carbocycles. The summed E-state index contributed by atoms with van der Waals surface area (Å²) in [5.74, 6) is -0.104. The Morgan fingerprint density at radius 1 is 0.829 bits per heavy atom. The van der Waals surface area contributed by atoms with Crippen LogP contribution in [-0.2, 0) is 10.0 Å². The van der Waals surface area contributed by atoms with Gasteiger partial charge < -0.3 is 4.90 Å². The molecule has 0 unspecified atom stereocenters. The average Bonchev–Trinajstić information content (AvgIpc) is 2.88. The number of sulfonamides is 1. The van der Waals surface area contributed by atoms with E-state index in [9.17, 15) is 13.2 Å². The van der Waals surface area contributed by atoms with Crippen LogP contribution in [0, 0.1) is 0 Å². The standard InChI is InChI=1S/C26H22ClN3O3S.ClH/c27-23-10-8-22-18-24(11-9-21(22)17-23)34(32,33)30-15-13-29(14-16-30)26(31)20-6-4-19(5-7-20)25-3-1-2-12-28-25;/h1-12,17-18H,13-16H2;1H. The normalized spacial score (nSPS) is 14.5. The van der Waals surface area contributed by atoms with E-state index in [1.165, 1.54) is 4.31 Å². The van der Waals surface area contributed by atoms with Crippen molar-refractivity contribution >= 4 is 50.7 Å². The summed E-state index contributed by atoms with van der Waals surface area (Å²) in [5, 5.41) is 2.31. The molecular formula is C26H23Cl2N3O3S. The minimum absolute atomic E-state index is 0. The van der Waals surface area contributed by atoms with Crippen LogP contribution in [0.3, 0.4) is 0 Å². The Kier molecular flexibility index (Phi) is 7.42. The molecule has 1 amide bonds. The quantitative estimate of drug-likeness (QED) is 0.369. The molecule has 1 aromatic heterocycles. The van der Waals surface area contributed by atoms with Gasteiger partial charge in [-0.1, -0.05) is 41.9 Å². The first kappa shape index (κ1) is 25.1. The number of aromatic nitrogens is 1. The maximum atomic E-state index is 13.2. The second kappa shape index (κ2) is 10.3. The summed E-state index contributed by atoms with van der Waals surface area (Å²) in [6.45, 7) is 1.17. The first-order valence-corrected chi connectivity index (χ1v) is 12.7. The van der Waals surface area contributed by atoms with E-state index >= 15 is 0 Å². The van der Waals surface area contributed by atoms with Gasteiger partial charge in [-0.05, 0) is 59.3 Å². The minimum atomic E-state index is -3.66. The monoisotopic (exact) mass is 527 g/mol. The zero-order chi connectivity index (χ0) is 23.7. The van der Waals surface area contributed by atoms with Gasteiger partial charge in [0.1, 0.15) is 0 Å². The Morgan fingerprint density at radius 2 is 1.51 bits per heavy atom. The van der Waals surface area contributed by atoms with E-state index in [2.05, 4.69) is 4.98 Å². The molecule has 1 fully saturated rings. The van der Waals surface area contributed by atoms with Gasteiger partial charge in [0, 0.05) is 48.5 Å². The fraction of sp³-hybridized carbons (Fsp3) is 0.154. The number of piperazine rings is 1. The molecule has 1 aliphatic rings. The van der Waals surface area contributed by atoms with Crippen LogP contribution in [0.4, 0.5) is 0 Å². The highest BCUT2D eigenvalue weighted by Crippen LogP contribution is 2.25. The van der Waals surface area contributed by atoms with E-state index in [0.29, 0.717) is 23.7 Å². The van der Waals surface area contributed by atoms with Crippen LogP contribution in [0.5, 0.6) is 0 Å². The fourth-order valence-corrected chi connectivity index (χ4v) is 5.77. The van der Waals surface area contributed by atoms with Crippen LogP contribution in [0.25, 0.3) is 22.0 Å². The largest absolute Gasteiger partial charge is 0.336 e. The molecule has 0 radical (unpaired) electrons. The number of carbonyl (C=O) groups is 1. The first-order chi connectivity index (χ1) is 16.4. The maximum absolute atomic E-state index is 13.2. The first-order valence-electron chi connectivity index (χ1n) is 10.9. The number of halogens is 2. The van der Waals surface area contributed by atoms with Gasteiger partial charge in [-0.25, -0.2) is 8.42 Å².